The number of carbonyl (C=O) groups excluding carboxylic acids is 1. The van der Waals surface area contributed by atoms with Crippen LogP contribution < -0.4 is 10.1 Å². The Morgan fingerprint density at radius 1 is 1.45 bits per heavy atom. The number of carboxylic acids is 1. The Labute approximate surface area is 121 Å². The van der Waals surface area contributed by atoms with Crippen molar-refractivity contribution in [2.45, 2.75) is 18.9 Å². The molecule has 0 radical (unpaired) electrons. The number of terminal acetylenes is 1. The number of benzene rings is 1. The second-order valence-corrected chi connectivity index (χ2v) is 4.30. The molecule has 0 saturated heterocycles. The first kappa shape index (κ1) is 15.9. The molecular weight excluding hydrogens is 282 g/mol. The van der Waals surface area contributed by atoms with Crippen LogP contribution in [-0.4, -0.2) is 29.6 Å². The van der Waals surface area contributed by atoms with Crippen molar-refractivity contribution in [3.05, 3.63) is 29.3 Å². The number of nitrogens with one attached hydrogen (secondary N) is 1. The molecule has 2 N–H and O–H groups in total. The Balaban J connectivity index is 2.39. The van der Waals surface area contributed by atoms with Gasteiger partial charge in [-0.15, -0.1) is 12.3 Å². The van der Waals surface area contributed by atoms with E-state index in [4.69, 9.17) is 27.9 Å². The number of amides is 1. The van der Waals surface area contributed by atoms with Crippen molar-refractivity contribution in [1.82, 2.24) is 5.32 Å². The van der Waals surface area contributed by atoms with E-state index >= 15 is 0 Å². The number of halogens is 1. The monoisotopic (exact) mass is 295 g/mol. The zero-order valence-electron chi connectivity index (χ0n) is 10.6. The summed E-state index contributed by atoms with van der Waals surface area (Å²) in [4.78, 5) is 22.4. The first-order valence-corrected chi connectivity index (χ1v) is 6.25. The number of para-hydroxylation sites is 1. The van der Waals surface area contributed by atoms with Gasteiger partial charge in [0.05, 0.1) is 18.1 Å². The molecule has 20 heavy (non-hydrogen) atoms. The van der Waals surface area contributed by atoms with Gasteiger partial charge in [-0.1, -0.05) is 23.7 Å². The fourth-order valence-electron chi connectivity index (χ4n) is 1.40. The van der Waals surface area contributed by atoms with Crippen LogP contribution >= 0.6 is 11.6 Å². The third kappa shape index (κ3) is 5.21. The summed E-state index contributed by atoms with van der Waals surface area (Å²) in [6, 6.07) is 5.80. The minimum atomic E-state index is -1.16. The number of carboxylic acid groups (broad SMARTS) is 1. The van der Waals surface area contributed by atoms with E-state index in [2.05, 4.69) is 11.2 Å². The smallest absolute Gasteiger partial charge is 0.327 e. The molecule has 1 aromatic rings. The summed E-state index contributed by atoms with van der Waals surface area (Å²) in [6.45, 7) is 0.0952. The molecule has 1 unspecified atom stereocenters. The van der Waals surface area contributed by atoms with Gasteiger partial charge < -0.3 is 15.2 Å². The molecule has 6 heteroatoms. The van der Waals surface area contributed by atoms with Crippen LogP contribution in [0.15, 0.2) is 24.3 Å². The normalized spacial score (nSPS) is 11.2. The average Bonchev–Trinajstić information content (AvgIpc) is 2.40. The molecule has 106 valence electrons. The van der Waals surface area contributed by atoms with Crippen molar-refractivity contribution in [3.63, 3.8) is 0 Å². The van der Waals surface area contributed by atoms with E-state index < -0.39 is 17.9 Å². The van der Waals surface area contributed by atoms with Crippen LogP contribution in [0.5, 0.6) is 5.75 Å². The standard InChI is InChI=1S/C14H14ClNO4/c1-2-5-11(14(18)19)16-13(17)8-9-20-12-7-4-3-6-10(12)15/h1,3-4,6-7,11H,5,8-9H2,(H,16,17)(H,18,19). The van der Waals surface area contributed by atoms with Gasteiger partial charge in [0, 0.05) is 6.42 Å². The van der Waals surface area contributed by atoms with Gasteiger partial charge in [-0.3, -0.25) is 4.79 Å². The molecule has 0 aliphatic heterocycles. The molecule has 0 bridgehead atoms. The molecule has 1 rings (SSSR count). The summed E-state index contributed by atoms with van der Waals surface area (Å²) >= 11 is 5.88. The maximum absolute atomic E-state index is 11.6. The van der Waals surface area contributed by atoms with Crippen LogP contribution in [0.4, 0.5) is 0 Å². The SMILES string of the molecule is C#CCC(NC(=O)CCOc1ccccc1Cl)C(=O)O. The van der Waals surface area contributed by atoms with E-state index in [1.807, 2.05) is 0 Å². The van der Waals surface area contributed by atoms with Crippen LogP contribution in [0.1, 0.15) is 12.8 Å². The molecule has 1 atom stereocenters. The lowest BCUT2D eigenvalue weighted by molar-refractivity contribution is -0.141. The lowest BCUT2D eigenvalue weighted by atomic mass is 10.2. The van der Waals surface area contributed by atoms with Crippen molar-refractivity contribution in [2.75, 3.05) is 6.61 Å². The summed E-state index contributed by atoms with van der Waals surface area (Å²) in [5.74, 6) is 1.06. The maximum atomic E-state index is 11.6. The van der Waals surface area contributed by atoms with Gasteiger partial charge in [0.15, 0.2) is 0 Å². The summed E-state index contributed by atoms with van der Waals surface area (Å²) < 4.78 is 5.33. The summed E-state index contributed by atoms with van der Waals surface area (Å²) in [7, 11) is 0. The minimum Gasteiger partial charge on any atom is -0.491 e. The van der Waals surface area contributed by atoms with E-state index in [9.17, 15) is 9.59 Å². The van der Waals surface area contributed by atoms with Crippen molar-refractivity contribution in [3.8, 4) is 18.1 Å². The molecule has 0 aliphatic rings. The van der Waals surface area contributed by atoms with Gasteiger partial charge in [-0.25, -0.2) is 4.79 Å². The summed E-state index contributed by atoms with van der Waals surface area (Å²) in [5.41, 5.74) is 0. The number of ether oxygens (including phenoxy) is 1. The molecule has 0 fully saturated rings. The minimum absolute atomic E-state index is 0.0135. The third-order valence-electron chi connectivity index (χ3n) is 2.38. The highest BCUT2D eigenvalue weighted by Crippen LogP contribution is 2.22. The molecule has 0 saturated carbocycles. The van der Waals surface area contributed by atoms with E-state index in [0.29, 0.717) is 10.8 Å². The van der Waals surface area contributed by atoms with Crippen molar-refractivity contribution < 1.29 is 19.4 Å². The molecule has 1 aromatic carbocycles. The highest BCUT2D eigenvalue weighted by atomic mass is 35.5. The van der Waals surface area contributed by atoms with E-state index in [1.54, 1.807) is 24.3 Å². The highest BCUT2D eigenvalue weighted by molar-refractivity contribution is 6.32. The van der Waals surface area contributed by atoms with Crippen molar-refractivity contribution in [1.29, 1.82) is 0 Å². The zero-order chi connectivity index (χ0) is 15.0. The van der Waals surface area contributed by atoms with Gasteiger partial charge in [0.25, 0.3) is 0 Å². The fraction of sp³-hybridized carbons (Fsp3) is 0.286. The number of hydrogen-bond donors (Lipinski definition) is 2. The van der Waals surface area contributed by atoms with Gasteiger partial charge in [0.1, 0.15) is 11.8 Å². The third-order valence-corrected chi connectivity index (χ3v) is 2.69. The fourth-order valence-corrected chi connectivity index (χ4v) is 1.59. The number of aliphatic carboxylic acids is 1. The Bertz CT molecular complexity index is 524. The summed E-state index contributed by atoms with van der Waals surface area (Å²) in [6.07, 6.45) is 4.98. The first-order valence-electron chi connectivity index (χ1n) is 5.87. The number of rotatable bonds is 7. The Hall–Kier alpha value is -2.19. The van der Waals surface area contributed by atoms with Crippen LogP contribution in [-0.2, 0) is 9.59 Å². The Morgan fingerprint density at radius 3 is 2.75 bits per heavy atom. The van der Waals surface area contributed by atoms with Crippen LogP contribution in [0.25, 0.3) is 0 Å². The number of carbonyl (C=O) groups is 2. The van der Waals surface area contributed by atoms with Crippen LogP contribution in [0.2, 0.25) is 5.02 Å². The van der Waals surface area contributed by atoms with E-state index in [0.717, 1.165) is 0 Å². The maximum Gasteiger partial charge on any atom is 0.327 e. The average molecular weight is 296 g/mol. The topological polar surface area (TPSA) is 75.6 Å². The zero-order valence-corrected chi connectivity index (χ0v) is 11.4. The van der Waals surface area contributed by atoms with Crippen LogP contribution in [0, 0.1) is 12.3 Å². The highest BCUT2D eigenvalue weighted by Gasteiger charge is 2.18. The molecule has 0 heterocycles. The van der Waals surface area contributed by atoms with Crippen molar-refractivity contribution >= 4 is 23.5 Å². The van der Waals surface area contributed by atoms with Gasteiger partial charge in [-0.05, 0) is 12.1 Å². The first-order chi connectivity index (χ1) is 9.54. The molecule has 0 aliphatic carbocycles. The predicted molar refractivity (Wildman–Crippen MR) is 74.6 cm³/mol. The van der Waals surface area contributed by atoms with Crippen molar-refractivity contribution in [2.24, 2.45) is 0 Å². The second-order valence-electron chi connectivity index (χ2n) is 3.90. The molecule has 1 amide bonds. The van der Waals surface area contributed by atoms with E-state index in [-0.39, 0.29) is 19.4 Å². The lowest BCUT2D eigenvalue weighted by Gasteiger charge is -2.12. The van der Waals surface area contributed by atoms with Gasteiger partial charge >= 0.3 is 5.97 Å². The summed E-state index contributed by atoms with van der Waals surface area (Å²) in [5, 5.41) is 11.6. The quantitative estimate of drug-likeness (QED) is 0.751. The van der Waals surface area contributed by atoms with E-state index in [1.165, 1.54) is 0 Å². The second kappa shape index (κ2) is 8.08. The molecule has 5 nitrogen and oxygen atoms in total. The molecule has 0 aromatic heterocycles. The Kier molecular flexibility index (Phi) is 6.41. The van der Waals surface area contributed by atoms with Gasteiger partial charge in [0.2, 0.25) is 5.91 Å². The number of hydrogen-bond acceptors (Lipinski definition) is 3. The predicted octanol–water partition coefficient (Wildman–Crippen LogP) is 1.70. The van der Waals surface area contributed by atoms with Gasteiger partial charge in [-0.2, -0.15) is 0 Å². The Morgan fingerprint density at radius 2 is 2.15 bits per heavy atom. The van der Waals surface area contributed by atoms with Crippen LogP contribution in [0.3, 0.4) is 0 Å². The molecule has 0 spiro atoms. The lowest BCUT2D eigenvalue weighted by Crippen LogP contribution is -2.40. The molecular formula is C14H14ClNO4. The largest absolute Gasteiger partial charge is 0.491 e.